The van der Waals surface area contributed by atoms with Gasteiger partial charge in [-0.25, -0.2) is 0 Å². The number of anilines is 1. The summed E-state index contributed by atoms with van der Waals surface area (Å²) >= 11 is 0. The number of para-hydroxylation sites is 1. The average Bonchev–Trinajstić information content (AvgIpc) is 2.81. The van der Waals surface area contributed by atoms with Gasteiger partial charge in [-0.3, -0.25) is 9.59 Å². The predicted octanol–water partition coefficient (Wildman–Crippen LogP) is 3.51. The van der Waals surface area contributed by atoms with Crippen LogP contribution < -0.4 is 15.0 Å². The van der Waals surface area contributed by atoms with Gasteiger partial charge in [0.1, 0.15) is 11.8 Å². The minimum absolute atomic E-state index is 0.0486. The molecule has 0 saturated heterocycles. The number of benzene rings is 2. The first kappa shape index (κ1) is 18.0. The van der Waals surface area contributed by atoms with Crippen LogP contribution in [0.1, 0.15) is 43.5 Å². The maximum atomic E-state index is 13.0. The number of rotatable bonds is 5. The van der Waals surface area contributed by atoms with Crippen molar-refractivity contribution in [1.29, 1.82) is 0 Å². The van der Waals surface area contributed by atoms with Gasteiger partial charge in [0.15, 0.2) is 0 Å². The summed E-state index contributed by atoms with van der Waals surface area (Å²) in [5, 5.41) is 2.78. The molecule has 2 aromatic carbocycles. The fourth-order valence-corrected chi connectivity index (χ4v) is 3.24. The number of carbonyl (C=O) groups excluding carboxylic acids is 2. The van der Waals surface area contributed by atoms with Crippen molar-refractivity contribution in [3.63, 3.8) is 0 Å². The number of carbonyl (C=O) groups is 2. The van der Waals surface area contributed by atoms with E-state index in [1.54, 1.807) is 4.90 Å². The second-order valence-corrected chi connectivity index (χ2v) is 6.89. The molecule has 1 heterocycles. The van der Waals surface area contributed by atoms with Gasteiger partial charge in [0, 0.05) is 23.7 Å². The molecule has 3 rings (SSSR count). The van der Waals surface area contributed by atoms with Crippen LogP contribution in [0, 0.1) is 6.92 Å². The van der Waals surface area contributed by atoms with Crippen molar-refractivity contribution in [1.82, 2.24) is 5.32 Å². The molecule has 0 radical (unpaired) electrons. The SMILES string of the molecule is CC(=O)N[C@@H]1C(=O)N(Cc2ccccc2OC(C)C)c2ccc(C)cc21. The number of nitrogens with one attached hydrogen (secondary N) is 1. The second-order valence-electron chi connectivity index (χ2n) is 6.89. The molecule has 2 amide bonds. The van der Waals surface area contributed by atoms with E-state index >= 15 is 0 Å². The van der Waals surface area contributed by atoms with E-state index < -0.39 is 6.04 Å². The van der Waals surface area contributed by atoms with Crippen LogP contribution >= 0.6 is 0 Å². The Morgan fingerprint density at radius 1 is 1.23 bits per heavy atom. The molecule has 0 bridgehead atoms. The third-order valence-electron chi connectivity index (χ3n) is 4.31. The van der Waals surface area contributed by atoms with Crippen LogP contribution in [0.4, 0.5) is 5.69 Å². The molecule has 2 aromatic rings. The summed E-state index contributed by atoms with van der Waals surface area (Å²) in [7, 11) is 0. The lowest BCUT2D eigenvalue weighted by molar-refractivity contribution is -0.126. The van der Waals surface area contributed by atoms with Gasteiger partial charge < -0.3 is 15.0 Å². The van der Waals surface area contributed by atoms with Gasteiger partial charge in [-0.1, -0.05) is 35.9 Å². The molecule has 0 saturated carbocycles. The first-order valence-electron chi connectivity index (χ1n) is 8.80. The first-order chi connectivity index (χ1) is 12.4. The number of fused-ring (bicyclic) bond motifs is 1. The summed E-state index contributed by atoms with van der Waals surface area (Å²) in [5.41, 5.74) is 3.66. The van der Waals surface area contributed by atoms with Gasteiger partial charge in [-0.2, -0.15) is 0 Å². The number of hydrogen-bond acceptors (Lipinski definition) is 3. The Hall–Kier alpha value is -2.82. The highest BCUT2D eigenvalue weighted by atomic mass is 16.5. The first-order valence-corrected chi connectivity index (χ1v) is 8.80. The Balaban J connectivity index is 1.97. The Bertz CT molecular complexity index is 845. The molecule has 0 fully saturated rings. The fraction of sp³-hybridized carbons (Fsp3) is 0.333. The normalized spacial score (nSPS) is 16.0. The van der Waals surface area contributed by atoms with E-state index in [9.17, 15) is 9.59 Å². The molecule has 136 valence electrons. The monoisotopic (exact) mass is 352 g/mol. The molecule has 1 atom stereocenters. The summed E-state index contributed by atoms with van der Waals surface area (Å²) in [5.74, 6) is 0.424. The number of nitrogens with zero attached hydrogens (tertiary/aromatic N) is 1. The van der Waals surface area contributed by atoms with E-state index in [0.717, 1.165) is 28.1 Å². The van der Waals surface area contributed by atoms with Crippen LogP contribution in [0.5, 0.6) is 5.75 Å². The van der Waals surface area contributed by atoms with Gasteiger partial charge in [-0.15, -0.1) is 0 Å². The third kappa shape index (κ3) is 3.57. The highest BCUT2D eigenvalue weighted by Gasteiger charge is 2.38. The lowest BCUT2D eigenvalue weighted by Crippen LogP contribution is -2.36. The lowest BCUT2D eigenvalue weighted by atomic mass is 10.1. The van der Waals surface area contributed by atoms with Crippen LogP contribution in [-0.2, 0) is 16.1 Å². The Kier molecular flexibility index (Phi) is 4.98. The number of aryl methyl sites for hydroxylation is 1. The topological polar surface area (TPSA) is 58.6 Å². The van der Waals surface area contributed by atoms with Crippen molar-refractivity contribution in [2.45, 2.75) is 46.4 Å². The van der Waals surface area contributed by atoms with Crippen molar-refractivity contribution >= 4 is 17.5 Å². The summed E-state index contributed by atoms with van der Waals surface area (Å²) in [4.78, 5) is 26.3. The molecule has 26 heavy (non-hydrogen) atoms. The van der Waals surface area contributed by atoms with Crippen LogP contribution in [-0.4, -0.2) is 17.9 Å². The molecule has 1 N–H and O–H groups in total. The quantitative estimate of drug-likeness (QED) is 0.896. The number of amides is 2. The van der Waals surface area contributed by atoms with E-state index in [1.165, 1.54) is 6.92 Å². The minimum Gasteiger partial charge on any atom is -0.491 e. The largest absolute Gasteiger partial charge is 0.491 e. The lowest BCUT2D eigenvalue weighted by Gasteiger charge is -2.21. The van der Waals surface area contributed by atoms with Gasteiger partial charge >= 0.3 is 0 Å². The molecule has 1 aliphatic rings. The molecule has 5 heteroatoms. The molecule has 0 unspecified atom stereocenters. The van der Waals surface area contributed by atoms with E-state index in [-0.39, 0.29) is 17.9 Å². The van der Waals surface area contributed by atoms with Gasteiger partial charge in [-0.05, 0) is 32.9 Å². The zero-order valence-electron chi connectivity index (χ0n) is 15.6. The minimum atomic E-state index is -0.638. The molecule has 5 nitrogen and oxygen atoms in total. The maximum absolute atomic E-state index is 13.0. The smallest absolute Gasteiger partial charge is 0.254 e. The third-order valence-corrected chi connectivity index (χ3v) is 4.31. The van der Waals surface area contributed by atoms with Crippen molar-refractivity contribution in [3.05, 3.63) is 59.2 Å². The zero-order valence-corrected chi connectivity index (χ0v) is 15.6. The van der Waals surface area contributed by atoms with E-state index in [4.69, 9.17) is 4.74 Å². The summed E-state index contributed by atoms with van der Waals surface area (Å²) in [6.07, 6.45) is 0.0486. The van der Waals surface area contributed by atoms with Crippen molar-refractivity contribution < 1.29 is 14.3 Å². The van der Waals surface area contributed by atoms with Crippen LogP contribution in [0.15, 0.2) is 42.5 Å². The van der Waals surface area contributed by atoms with E-state index in [2.05, 4.69) is 5.32 Å². The predicted molar refractivity (Wildman–Crippen MR) is 101 cm³/mol. The van der Waals surface area contributed by atoms with Gasteiger partial charge in [0.05, 0.1) is 12.6 Å². The van der Waals surface area contributed by atoms with Gasteiger partial charge in [0.2, 0.25) is 5.91 Å². The molecular formula is C21H24N2O3. The highest BCUT2D eigenvalue weighted by molar-refractivity contribution is 6.06. The molecular weight excluding hydrogens is 328 g/mol. The fourth-order valence-electron chi connectivity index (χ4n) is 3.24. The van der Waals surface area contributed by atoms with Crippen molar-refractivity contribution in [2.75, 3.05) is 4.90 Å². The Labute approximate surface area is 154 Å². The van der Waals surface area contributed by atoms with Gasteiger partial charge in [0.25, 0.3) is 5.91 Å². The maximum Gasteiger partial charge on any atom is 0.254 e. The standard InChI is InChI=1S/C21H24N2O3/c1-13(2)26-19-8-6-5-7-16(19)12-23-18-10-9-14(3)11-17(18)20(21(23)25)22-15(4)24/h5-11,13,20H,12H2,1-4H3,(H,22,24)/t20-/m0/s1. The zero-order chi connectivity index (χ0) is 18.8. The molecule has 0 aliphatic carbocycles. The number of hydrogen-bond donors (Lipinski definition) is 1. The number of ether oxygens (including phenoxy) is 1. The summed E-state index contributed by atoms with van der Waals surface area (Å²) < 4.78 is 5.88. The summed E-state index contributed by atoms with van der Waals surface area (Å²) in [6, 6.07) is 13.0. The highest BCUT2D eigenvalue weighted by Crippen LogP contribution is 2.38. The Morgan fingerprint density at radius 3 is 2.65 bits per heavy atom. The van der Waals surface area contributed by atoms with Crippen LogP contribution in [0.3, 0.4) is 0 Å². The van der Waals surface area contributed by atoms with E-state index in [0.29, 0.717) is 6.54 Å². The molecule has 0 spiro atoms. The van der Waals surface area contributed by atoms with Crippen LogP contribution in [0.2, 0.25) is 0 Å². The van der Waals surface area contributed by atoms with Crippen molar-refractivity contribution in [3.8, 4) is 5.75 Å². The second kappa shape index (κ2) is 7.20. The van der Waals surface area contributed by atoms with Crippen molar-refractivity contribution in [2.24, 2.45) is 0 Å². The average molecular weight is 352 g/mol. The van der Waals surface area contributed by atoms with Crippen LogP contribution in [0.25, 0.3) is 0 Å². The van der Waals surface area contributed by atoms with E-state index in [1.807, 2.05) is 63.2 Å². The molecule has 0 aromatic heterocycles. The summed E-state index contributed by atoms with van der Waals surface area (Å²) in [6.45, 7) is 7.75. The Morgan fingerprint density at radius 2 is 1.96 bits per heavy atom. The molecule has 1 aliphatic heterocycles.